The van der Waals surface area contributed by atoms with Crippen LogP contribution in [0.3, 0.4) is 0 Å². The van der Waals surface area contributed by atoms with Crippen molar-refractivity contribution in [1.29, 1.82) is 0 Å². The van der Waals surface area contributed by atoms with Gasteiger partial charge in [-0.15, -0.1) is 5.10 Å². The zero-order chi connectivity index (χ0) is 24.4. The molecule has 9 heteroatoms. The standard InChI is InChI=1S/C26H25F2N5O2/c27-22-5-2-1-4-21(22)26(35)32-12-9-17(10-13-32)20-8-7-19(14-23(20)28)30-25(34)18-15-33(16-18)24-6-3-11-29-31-24/h1-8,11,14,17-18H,9-10,12-13,15-16H2,(H,30,34). The lowest BCUT2D eigenvalue weighted by atomic mass is 9.88. The highest BCUT2D eigenvalue weighted by atomic mass is 19.1. The van der Waals surface area contributed by atoms with Crippen molar-refractivity contribution in [3.63, 3.8) is 0 Å². The van der Waals surface area contributed by atoms with E-state index in [0.717, 1.165) is 5.82 Å². The number of likely N-dealkylation sites (tertiary alicyclic amines) is 1. The first-order chi connectivity index (χ1) is 17.0. The minimum atomic E-state index is -0.536. The molecule has 3 heterocycles. The van der Waals surface area contributed by atoms with E-state index in [1.807, 2.05) is 11.0 Å². The molecule has 2 saturated heterocycles. The van der Waals surface area contributed by atoms with Crippen LogP contribution in [-0.2, 0) is 4.79 Å². The molecule has 180 valence electrons. The predicted octanol–water partition coefficient (Wildman–Crippen LogP) is 3.85. The van der Waals surface area contributed by atoms with Crippen LogP contribution in [-0.4, -0.2) is 53.1 Å². The van der Waals surface area contributed by atoms with Crippen molar-refractivity contribution in [1.82, 2.24) is 15.1 Å². The fourth-order valence-electron chi connectivity index (χ4n) is 4.67. The van der Waals surface area contributed by atoms with E-state index in [2.05, 4.69) is 15.5 Å². The number of piperidine rings is 1. The van der Waals surface area contributed by atoms with E-state index in [1.54, 1.807) is 41.4 Å². The van der Waals surface area contributed by atoms with Crippen molar-refractivity contribution in [2.45, 2.75) is 18.8 Å². The van der Waals surface area contributed by atoms with Crippen molar-refractivity contribution in [2.24, 2.45) is 5.92 Å². The van der Waals surface area contributed by atoms with Gasteiger partial charge in [-0.25, -0.2) is 8.78 Å². The lowest BCUT2D eigenvalue weighted by Crippen LogP contribution is -2.52. The highest BCUT2D eigenvalue weighted by molar-refractivity contribution is 5.95. The number of anilines is 2. The number of carbonyl (C=O) groups excluding carboxylic acids is 2. The molecular formula is C26H25F2N5O2. The fraction of sp³-hybridized carbons (Fsp3) is 0.308. The Balaban J connectivity index is 1.15. The molecule has 2 amide bonds. The Morgan fingerprint density at radius 1 is 0.943 bits per heavy atom. The van der Waals surface area contributed by atoms with E-state index in [-0.39, 0.29) is 35.0 Å². The first-order valence-electron chi connectivity index (χ1n) is 11.7. The molecule has 2 fully saturated rings. The molecule has 0 bridgehead atoms. The van der Waals surface area contributed by atoms with Gasteiger partial charge in [-0.3, -0.25) is 9.59 Å². The van der Waals surface area contributed by atoms with Crippen LogP contribution in [0, 0.1) is 17.6 Å². The van der Waals surface area contributed by atoms with Gasteiger partial charge in [0.2, 0.25) is 5.91 Å². The summed E-state index contributed by atoms with van der Waals surface area (Å²) in [5, 5.41) is 10.7. The number of rotatable bonds is 5. The number of carbonyl (C=O) groups is 2. The number of hydrogen-bond donors (Lipinski definition) is 1. The van der Waals surface area contributed by atoms with Gasteiger partial charge >= 0.3 is 0 Å². The predicted molar refractivity (Wildman–Crippen MR) is 127 cm³/mol. The molecule has 1 N–H and O–H groups in total. The van der Waals surface area contributed by atoms with Crippen LogP contribution in [0.15, 0.2) is 60.8 Å². The Morgan fingerprint density at radius 2 is 1.71 bits per heavy atom. The topological polar surface area (TPSA) is 78.4 Å². The van der Waals surface area contributed by atoms with Crippen molar-refractivity contribution in [3.8, 4) is 0 Å². The van der Waals surface area contributed by atoms with Gasteiger partial charge in [-0.1, -0.05) is 18.2 Å². The largest absolute Gasteiger partial charge is 0.353 e. The third-order valence-electron chi connectivity index (χ3n) is 6.73. The number of amides is 2. The van der Waals surface area contributed by atoms with Gasteiger partial charge in [0.25, 0.3) is 5.91 Å². The van der Waals surface area contributed by atoms with Crippen LogP contribution in [0.25, 0.3) is 0 Å². The number of hydrogen-bond acceptors (Lipinski definition) is 5. The zero-order valence-electron chi connectivity index (χ0n) is 19.0. The summed E-state index contributed by atoms with van der Waals surface area (Å²) >= 11 is 0. The fourth-order valence-corrected chi connectivity index (χ4v) is 4.67. The summed E-state index contributed by atoms with van der Waals surface area (Å²) in [5.41, 5.74) is 1.04. The van der Waals surface area contributed by atoms with Gasteiger partial charge in [0, 0.05) is 38.1 Å². The summed E-state index contributed by atoms with van der Waals surface area (Å²) < 4.78 is 28.9. The second kappa shape index (κ2) is 9.77. The Morgan fingerprint density at radius 3 is 2.40 bits per heavy atom. The first-order valence-corrected chi connectivity index (χ1v) is 11.7. The quantitative estimate of drug-likeness (QED) is 0.604. The monoisotopic (exact) mass is 477 g/mol. The molecule has 0 spiro atoms. The average Bonchev–Trinajstić information content (AvgIpc) is 2.84. The molecule has 0 unspecified atom stereocenters. The second-order valence-corrected chi connectivity index (χ2v) is 8.96. The van der Waals surface area contributed by atoms with E-state index < -0.39 is 5.82 Å². The minimum Gasteiger partial charge on any atom is -0.353 e. The number of benzene rings is 2. The molecule has 35 heavy (non-hydrogen) atoms. The van der Waals surface area contributed by atoms with Gasteiger partial charge in [0.05, 0.1) is 11.5 Å². The maximum absolute atomic E-state index is 14.9. The normalized spacial score (nSPS) is 16.6. The van der Waals surface area contributed by atoms with Gasteiger partial charge in [0.15, 0.2) is 5.82 Å². The van der Waals surface area contributed by atoms with E-state index in [4.69, 9.17) is 0 Å². The van der Waals surface area contributed by atoms with Crippen LogP contribution < -0.4 is 10.2 Å². The second-order valence-electron chi connectivity index (χ2n) is 8.96. The molecule has 0 saturated carbocycles. The van der Waals surface area contributed by atoms with Gasteiger partial charge in [0.1, 0.15) is 11.6 Å². The van der Waals surface area contributed by atoms with Crippen molar-refractivity contribution in [3.05, 3.63) is 83.6 Å². The highest BCUT2D eigenvalue weighted by Crippen LogP contribution is 2.32. The lowest BCUT2D eigenvalue weighted by molar-refractivity contribution is -0.120. The van der Waals surface area contributed by atoms with E-state index in [9.17, 15) is 18.4 Å². The van der Waals surface area contributed by atoms with Gasteiger partial charge < -0.3 is 15.1 Å². The van der Waals surface area contributed by atoms with Crippen molar-refractivity contribution >= 4 is 23.3 Å². The Bertz CT molecular complexity index is 1230. The molecule has 0 aliphatic carbocycles. The van der Waals surface area contributed by atoms with Crippen LogP contribution in [0.2, 0.25) is 0 Å². The van der Waals surface area contributed by atoms with Crippen molar-refractivity contribution in [2.75, 3.05) is 36.4 Å². The summed E-state index contributed by atoms with van der Waals surface area (Å²) in [6.45, 7) is 1.93. The van der Waals surface area contributed by atoms with Crippen LogP contribution in [0.4, 0.5) is 20.3 Å². The number of aromatic nitrogens is 2. The number of nitrogens with zero attached hydrogens (tertiary/aromatic N) is 4. The lowest BCUT2D eigenvalue weighted by Gasteiger charge is -2.38. The Hall–Kier alpha value is -3.88. The summed E-state index contributed by atoms with van der Waals surface area (Å²) in [7, 11) is 0. The van der Waals surface area contributed by atoms with Crippen LogP contribution in [0.1, 0.15) is 34.7 Å². The van der Waals surface area contributed by atoms with E-state index in [0.29, 0.717) is 50.3 Å². The summed E-state index contributed by atoms with van der Waals surface area (Å²) in [6, 6.07) is 14.3. The SMILES string of the molecule is O=C(Nc1ccc(C2CCN(C(=O)c3ccccc3F)CC2)c(F)c1)C1CN(c2cccnn2)C1. The first kappa shape index (κ1) is 22.9. The molecule has 5 rings (SSSR count). The number of halogens is 2. The summed E-state index contributed by atoms with van der Waals surface area (Å²) in [6.07, 6.45) is 2.77. The molecule has 7 nitrogen and oxygen atoms in total. The van der Waals surface area contributed by atoms with Crippen LogP contribution >= 0.6 is 0 Å². The molecule has 2 aliphatic rings. The molecule has 0 radical (unpaired) electrons. The van der Waals surface area contributed by atoms with E-state index >= 15 is 0 Å². The average molecular weight is 478 g/mol. The molecule has 2 aromatic carbocycles. The molecule has 0 atom stereocenters. The summed E-state index contributed by atoms with van der Waals surface area (Å²) in [5.74, 6) is -0.921. The minimum absolute atomic E-state index is 0.0448. The Labute approximate surface area is 201 Å². The molecule has 3 aromatic rings. The molecular weight excluding hydrogens is 452 g/mol. The molecule has 1 aromatic heterocycles. The number of nitrogens with one attached hydrogen (secondary N) is 1. The zero-order valence-corrected chi connectivity index (χ0v) is 19.0. The van der Waals surface area contributed by atoms with Gasteiger partial charge in [-0.05, 0) is 60.7 Å². The maximum Gasteiger partial charge on any atom is 0.256 e. The van der Waals surface area contributed by atoms with E-state index in [1.165, 1.54) is 18.2 Å². The van der Waals surface area contributed by atoms with Gasteiger partial charge in [-0.2, -0.15) is 5.10 Å². The third-order valence-corrected chi connectivity index (χ3v) is 6.73. The third kappa shape index (κ3) is 4.84. The molecule has 2 aliphatic heterocycles. The summed E-state index contributed by atoms with van der Waals surface area (Å²) in [4.78, 5) is 28.8. The highest BCUT2D eigenvalue weighted by Gasteiger charge is 2.34. The maximum atomic E-state index is 14.9. The van der Waals surface area contributed by atoms with Crippen LogP contribution in [0.5, 0.6) is 0 Å². The Kier molecular flexibility index (Phi) is 6.39. The van der Waals surface area contributed by atoms with Crippen molar-refractivity contribution < 1.29 is 18.4 Å². The smallest absolute Gasteiger partial charge is 0.256 e.